The molecule has 0 bridgehead atoms. The Morgan fingerprint density at radius 2 is 2.27 bits per heavy atom. The Bertz CT molecular complexity index is 180. The maximum Gasteiger partial charge on any atom is 0.314 e. The highest BCUT2D eigenvalue weighted by Gasteiger charge is 2.12. The predicted octanol–water partition coefficient (Wildman–Crippen LogP) is -0.223. The van der Waals surface area contributed by atoms with Crippen LogP contribution < -0.4 is 21.7 Å². The number of hydrogen-bond acceptors (Lipinski definition) is 3. The van der Waals surface area contributed by atoms with Crippen molar-refractivity contribution >= 4 is 6.03 Å². The molecule has 5 heteroatoms. The van der Waals surface area contributed by atoms with Crippen LogP contribution in [0.25, 0.3) is 0 Å². The third-order valence-electron chi connectivity index (χ3n) is 2.59. The van der Waals surface area contributed by atoms with E-state index in [4.69, 9.17) is 5.73 Å². The molecule has 1 aliphatic heterocycles. The van der Waals surface area contributed by atoms with Crippen LogP contribution in [-0.4, -0.2) is 38.3 Å². The second-order valence-electron chi connectivity index (χ2n) is 3.93. The second kappa shape index (κ2) is 7.48. The van der Waals surface area contributed by atoms with Crippen molar-refractivity contribution in [2.24, 2.45) is 5.73 Å². The number of carbonyl (C=O) groups excluding carboxylic acids is 1. The minimum atomic E-state index is -0.0872. The Hall–Kier alpha value is -0.810. The first-order chi connectivity index (χ1) is 7.33. The largest absolute Gasteiger partial charge is 0.338 e. The van der Waals surface area contributed by atoms with Gasteiger partial charge >= 0.3 is 6.03 Å². The summed E-state index contributed by atoms with van der Waals surface area (Å²) in [6, 6.07) is 0.356. The van der Waals surface area contributed by atoms with Crippen molar-refractivity contribution in [3.63, 3.8) is 0 Å². The molecule has 0 aromatic rings. The van der Waals surface area contributed by atoms with Crippen molar-refractivity contribution < 1.29 is 4.79 Å². The Labute approximate surface area is 91.2 Å². The summed E-state index contributed by atoms with van der Waals surface area (Å²) >= 11 is 0. The van der Waals surface area contributed by atoms with E-state index in [9.17, 15) is 4.79 Å². The first-order valence-corrected chi connectivity index (χ1v) is 5.78. The van der Waals surface area contributed by atoms with Gasteiger partial charge in [0.2, 0.25) is 0 Å². The number of urea groups is 1. The van der Waals surface area contributed by atoms with E-state index in [0.29, 0.717) is 25.7 Å². The number of hydrogen-bond donors (Lipinski definition) is 4. The fourth-order valence-electron chi connectivity index (χ4n) is 1.68. The highest BCUT2D eigenvalue weighted by molar-refractivity contribution is 5.73. The van der Waals surface area contributed by atoms with E-state index >= 15 is 0 Å². The summed E-state index contributed by atoms with van der Waals surface area (Å²) in [5.41, 5.74) is 5.32. The third-order valence-corrected chi connectivity index (χ3v) is 2.59. The van der Waals surface area contributed by atoms with Gasteiger partial charge in [-0.05, 0) is 32.4 Å². The molecule has 0 aliphatic carbocycles. The van der Waals surface area contributed by atoms with Gasteiger partial charge in [0.1, 0.15) is 0 Å². The number of nitrogens with one attached hydrogen (secondary N) is 3. The standard InChI is InChI=1S/C10H22N4O/c11-5-3-7-13-10(15)14-8-9-4-1-2-6-12-9/h9,12H,1-8,11H2,(H2,13,14,15). The molecule has 1 atom stereocenters. The highest BCUT2D eigenvalue weighted by Crippen LogP contribution is 2.05. The minimum absolute atomic E-state index is 0.0872. The molecule has 1 saturated heterocycles. The molecule has 15 heavy (non-hydrogen) atoms. The van der Waals surface area contributed by atoms with E-state index in [1.165, 1.54) is 12.8 Å². The fraction of sp³-hybridized carbons (Fsp3) is 0.900. The monoisotopic (exact) mass is 214 g/mol. The van der Waals surface area contributed by atoms with E-state index < -0.39 is 0 Å². The summed E-state index contributed by atoms with van der Waals surface area (Å²) < 4.78 is 0. The Kier molecular flexibility index (Phi) is 6.11. The van der Waals surface area contributed by atoms with E-state index in [-0.39, 0.29) is 6.03 Å². The summed E-state index contributed by atoms with van der Waals surface area (Å²) in [7, 11) is 0. The molecule has 88 valence electrons. The summed E-state index contributed by atoms with van der Waals surface area (Å²) in [6.45, 7) is 3.06. The predicted molar refractivity (Wildman–Crippen MR) is 60.7 cm³/mol. The van der Waals surface area contributed by atoms with Crippen LogP contribution in [0, 0.1) is 0 Å². The molecule has 0 aromatic carbocycles. The molecule has 0 radical (unpaired) electrons. The van der Waals surface area contributed by atoms with Crippen LogP contribution in [-0.2, 0) is 0 Å². The van der Waals surface area contributed by atoms with Crippen molar-refractivity contribution in [1.82, 2.24) is 16.0 Å². The molecule has 0 saturated carbocycles. The van der Waals surface area contributed by atoms with Crippen LogP contribution in [0.15, 0.2) is 0 Å². The van der Waals surface area contributed by atoms with Gasteiger partial charge in [0.15, 0.2) is 0 Å². The zero-order valence-corrected chi connectivity index (χ0v) is 9.22. The lowest BCUT2D eigenvalue weighted by Crippen LogP contribution is -2.46. The van der Waals surface area contributed by atoms with Crippen LogP contribution in [0.4, 0.5) is 4.79 Å². The van der Waals surface area contributed by atoms with Gasteiger partial charge in [0.25, 0.3) is 0 Å². The lowest BCUT2D eigenvalue weighted by Gasteiger charge is -2.23. The number of rotatable bonds is 5. The first-order valence-electron chi connectivity index (χ1n) is 5.78. The molecule has 0 spiro atoms. The number of amides is 2. The molecule has 1 unspecified atom stereocenters. The SMILES string of the molecule is NCCCNC(=O)NCC1CCCCN1. The number of nitrogens with two attached hydrogens (primary N) is 1. The molecule has 1 heterocycles. The average molecular weight is 214 g/mol. The summed E-state index contributed by atoms with van der Waals surface area (Å²) in [4.78, 5) is 11.3. The summed E-state index contributed by atoms with van der Waals surface area (Å²) in [5.74, 6) is 0. The zero-order chi connectivity index (χ0) is 10.9. The maximum atomic E-state index is 11.3. The maximum absolute atomic E-state index is 11.3. The molecule has 5 N–H and O–H groups in total. The van der Waals surface area contributed by atoms with Crippen LogP contribution in [0.1, 0.15) is 25.7 Å². The normalized spacial score (nSPS) is 21.0. The van der Waals surface area contributed by atoms with Gasteiger partial charge in [-0.3, -0.25) is 0 Å². The van der Waals surface area contributed by atoms with Crippen LogP contribution >= 0.6 is 0 Å². The lowest BCUT2D eigenvalue weighted by molar-refractivity contribution is 0.238. The van der Waals surface area contributed by atoms with Crippen molar-refractivity contribution in [3.05, 3.63) is 0 Å². The van der Waals surface area contributed by atoms with Gasteiger partial charge in [-0.25, -0.2) is 4.79 Å². The molecule has 1 rings (SSSR count). The number of piperidine rings is 1. The fourth-order valence-corrected chi connectivity index (χ4v) is 1.68. The van der Waals surface area contributed by atoms with E-state index in [1.54, 1.807) is 0 Å². The van der Waals surface area contributed by atoms with Crippen molar-refractivity contribution in [1.29, 1.82) is 0 Å². The molecular weight excluding hydrogens is 192 g/mol. The van der Waals surface area contributed by atoms with E-state index in [2.05, 4.69) is 16.0 Å². The quantitative estimate of drug-likeness (QED) is 0.478. The lowest BCUT2D eigenvalue weighted by atomic mass is 10.1. The molecule has 1 aliphatic rings. The van der Waals surface area contributed by atoms with E-state index in [1.807, 2.05) is 0 Å². The minimum Gasteiger partial charge on any atom is -0.338 e. The topological polar surface area (TPSA) is 79.2 Å². The van der Waals surface area contributed by atoms with Gasteiger partial charge < -0.3 is 21.7 Å². The van der Waals surface area contributed by atoms with Crippen molar-refractivity contribution in [3.8, 4) is 0 Å². The molecule has 1 fully saturated rings. The molecule has 0 aromatic heterocycles. The zero-order valence-electron chi connectivity index (χ0n) is 9.22. The van der Waals surface area contributed by atoms with Gasteiger partial charge in [-0.1, -0.05) is 6.42 Å². The number of carbonyl (C=O) groups is 1. The van der Waals surface area contributed by atoms with Crippen molar-refractivity contribution in [2.75, 3.05) is 26.2 Å². The first kappa shape index (κ1) is 12.3. The third kappa shape index (κ3) is 5.59. The Morgan fingerprint density at radius 3 is 2.93 bits per heavy atom. The van der Waals surface area contributed by atoms with Crippen LogP contribution in [0.2, 0.25) is 0 Å². The summed E-state index contributed by atoms with van der Waals surface area (Å²) in [5, 5.41) is 9.00. The van der Waals surface area contributed by atoms with Gasteiger partial charge in [-0.15, -0.1) is 0 Å². The second-order valence-corrected chi connectivity index (χ2v) is 3.93. The molecule has 5 nitrogen and oxygen atoms in total. The Balaban J connectivity index is 2.00. The molecular formula is C10H22N4O. The van der Waals surface area contributed by atoms with Crippen LogP contribution in [0.3, 0.4) is 0 Å². The van der Waals surface area contributed by atoms with Gasteiger partial charge in [0.05, 0.1) is 0 Å². The van der Waals surface area contributed by atoms with Crippen molar-refractivity contribution in [2.45, 2.75) is 31.7 Å². The van der Waals surface area contributed by atoms with Gasteiger partial charge in [0, 0.05) is 19.1 Å². The van der Waals surface area contributed by atoms with Gasteiger partial charge in [-0.2, -0.15) is 0 Å². The van der Waals surface area contributed by atoms with Crippen LogP contribution in [0.5, 0.6) is 0 Å². The smallest absolute Gasteiger partial charge is 0.314 e. The molecule has 2 amide bonds. The highest BCUT2D eigenvalue weighted by atomic mass is 16.2. The Morgan fingerprint density at radius 1 is 1.40 bits per heavy atom. The average Bonchev–Trinajstić information content (AvgIpc) is 2.28. The summed E-state index contributed by atoms with van der Waals surface area (Å²) in [6.07, 6.45) is 4.49. The van der Waals surface area contributed by atoms with E-state index in [0.717, 1.165) is 19.4 Å².